The number of rotatable bonds is 16. The molecule has 0 spiro atoms. The average molecular weight is 1190 g/mol. The van der Waals surface area contributed by atoms with E-state index in [1.165, 1.54) is 22.0 Å². The molecule has 1 aromatic heterocycles. The Morgan fingerprint density at radius 1 is 0.646 bits per heavy atom. The molecule has 1 heterocycles. The largest absolute Gasteiger partial charge is 0.472 e. The van der Waals surface area contributed by atoms with Gasteiger partial charge in [0.25, 0.3) is 0 Å². The van der Waals surface area contributed by atoms with E-state index in [-0.39, 0.29) is 68.0 Å². The fourth-order valence-electron chi connectivity index (χ4n) is 5.52. The Kier molecular flexibility index (Phi) is 32.6. The molecule has 82 heavy (non-hydrogen) atoms. The molecule has 1 amide bonds. The molecule has 3 N–H and O–H groups in total. The third kappa shape index (κ3) is 34.2. The lowest BCUT2D eigenvalue weighted by Crippen LogP contribution is -2.30. The minimum atomic E-state index is -4.76. The first kappa shape index (κ1) is 67.5. The number of amides is 1. The molecule has 18 heteroatoms. The predicted octanol–water partition coefficient (Wildman–Crippen LogP) is 11.6. The quantitative estimate of drug-likeness (QED) is 0.0206. The van der Waals surface area contributed by atoms with Crippen LogP contribution in [0.1, 0.15) is 77.4 Å². The maximum Gasteiger partial charge on any atom is 0.472 e. The zero-order chi connectivity index (χ0) is 60.3. The first-order chi connectivity index (χ1) is 39.4. The number of esters is 2. The van der Waals surface area contributed by atoms with Crippen LogP contribution in [-0.4, -0.2) is 104 Å². The smallest absolute Gasteiger partial charge is 0.452 e. The molecule has 3 aliphatic carbocycles. The van der Waals surface area contributed by atoms with Crippen LogP contribution in [0.2, 0.25) is 19.6 Å². The number of aromatic nitrogens is 2. The van der Waals surface area contributed by atoms with Gasteiger partial charge in [0.1, 0.15) is 26.1 Å². The van der Waals surface area contributed by atoms with Crippen molar-refractivity contribution in [2.45, 2.75) is 60.4 Å². The molecule has 5 unspecified atom stereocenters. The number of carbonyl (C=O) groups is 4. The lowest BCUT2D eigenvalue weighted by Gasteiger charge is -2.18. The number of nitrogens with one attached hydrogen (secondary N) is 1. The summed E-state index contributed by atoms with van der Waals surface area (Å²) >= 11 is 0. The summed E-state index contributed by atoms with van der Waals surface area (Å²) < 4.78 is 43.4. The van der Waals surface area contributed by atoms with E-state index in [0.29, 0.717) is 25.0 Å². The van der Waals surface area contributed by atoms with E-state index in [4.69, 9.17) is 33.1 Å². The predicted molar refractivity (Wildman–Crippen MR) is 371 cm³/mol. The molecule has 0 radical (unpaired) electrons. The second kappa shape index (κ2) is 39.7. The first-order valence-corrected chi connectivity index (χ1v) is 29.0. The Morgan fingerprint density at radius 3 is 1.45 bits per heavy atom. The summed E-state index contributed by atoms with van der Waals surface area (Å²) in [4.78, 5) is 61.2. The van der Waals surface area contributed by atoms with Crippen LogP contribution >= 0.6 is 7.82 Å². The Morgan fingerprint density at radius 2 is 1.07 bits per heavy atom. The van der Waals surface area contributed by atoms with Crippen molar-refractivity contribution in [3.63, 3.8) is 0 Å². The van der Waals surface area contributed by atoms with Gasteiger partial charge in [0.2, 0.25) is 0 Å². The number of aliphatic hydroxyl groups excluding tert-OH is 1. The minimum Gasteiger partial charge on any atom is -0.452 e. The van der Waals surface area contributed by atoms with E-state index >= 15 is 0 Å². The second-order valence-corrected chi connectivity index (χ2v) is 23.2. The summed E-state index contributed by atoms with van der Waals surface area (Å²) in [6, 6.07) is 0. The molecule has 468 valence electrons. The molecule has 1 aromatic rings. The molecule has 0 bridgehead atoms. The van der Waals surface area contributed by atoms with Crippen molar-refractivity contribution >= 4 is 40.0 Å². The molecule has 4 rings (SSSR count). The standard InChI is InChI=1S/C47H24NO10P.C9H10N2O2.C8H16OSi.30H2/c1-4-6-8-10-12-14-16-18-20-22-24-26-28-30-32-34-45(49)54-40-44(41-57-59(52,53)56-37-36-48-47(51)55-39-43-38-42(43)3)58-46(50)35-33-31-29-27-25-23-21-19-17-15-13-11-9-7-5-2;1-7-4-8(7)5-13-9(12)11-3-2-10-6-11;1-6-7(5-9)8(6)10(2,3)4;;;;;;;;;;;;;;;;;;;;;;;;;;;;;;/h38,43-44H,36-37,39-41H2,1-3H3,(H,48,51)(H,52,53);2-4,6,8H,5H2,1H3;7,9H,5H2,1-4H3;30*1H. The van der Waals surface area contributed by atoms with Gasteiger partial charge in [-0.1, -0.05) is 65.5 Å². The van der Waals surface area contributed by atoms with Crippen molar-refractivity contribution in [1.82, 2.24) is 14.9 Å². The third-order valence-corrected chi connectivity index (χ3v) is 12.8. The van der Waals surface area contributed by atoms with Gasteiger partial charge in [-0.3, -0.25) is 9.05 Å². The van der Waals surface area contributed by atoms with Crippen LogP contribution in [0.3, 0.4) is 0 Å². The summed E-state index contributed by atoms with van der Waals surface area (Å²) in [7, 11) is -5.81. The van der Waals surface area contributed by atoms with Crippen LogP contribution in [0.5, 0.6) is 0 Å². The first-order valence-electron chi connectivity index (χ1n) is 24.0. The molecule has 0 aromatic carbocycles. The van der Waals surface area contributed by atoms with E-state index in [2.05, 4.69) is 232 Å². The SMILES string of the molecule is CC#CC#CC#CC#CC#CC#CC#CC#CC(=O)OCC(COP(=O)(O)OCCNC(=O)OCC1C=C1C)OC(=O)C#CC#CC#CC#CC#CC#CC#CC#CC.CC1=C([Si](C)(C)C)C1CO.CC1=CC1COC(=O)n1ccnc1.[HH].[HH].[HH].[HH].[HH].[HH].[HH].[HH].[HH].[HH].[HH].[HH].[HH].[HH].[HH].[HH].[HH].[HH].[HH].[HH].[HH].[HH].[HH].[HH].[HH].[HH].[HH].[HH].[HH].[HH]. The minimum absolute atomic E-state index is 0. The zero-order valence-corrected chi connectivity index (χ0v) is 47.8. The van der Waals surface area contributed by atoms with Gasteiger partial charge >= 0.3 is 31.9 Å². The summed E-state index contributed by atoms with van der Waals surface area (Å²) in [6.07, 6.45) is 5.94. The zero-order valence-electron chi connectivity index (χ0n) is 45.9. The summed E-state index contributed by atoms with van der Waals surface area (Å²) in [5, 5.41) is 12.8. The molecule has 0 aliphatic heterocycles. The van der Waals surface area contributed by atoms with Gasteiger partial charge in [0.15, 0.2) is 6.10 Å². The lowest BCUT2D eigenvalue weighted by molar-refractivity contribution is -0.153. The van der Waals surface area contributed by atoms with E-state index in [1.54, 1.807) is 31.4 Å². The van der Waals surface area contributed by atoms with Gasteiger partial charge < -0.3 is 34.3 Å². The number of hydrogen-bond donors (Lipinski definition) is 3. The molecular weight excluding hydrogens is 1080 g/mol. The monoisotopic (exact) mass is 1190 g/mol. The fourth-order valence-corrected chi connectivity index (χ4v) is 8.91. The number of ether oxygens (including phenoxy) is 4. The van der Waals surface area contributed by atoms with Crippen LogP contribution in [0.4, 0.5) is 9.59 Å². The van der Waals surface area contributed by atoms with Gasteiger partial charge in [-0.05, 0) is 200 Å². The van der Waals surface area contributed by atoms with E-state index in [9.17, 15) is 28.6 Å². The van der Waals surface area contributed by atoms with E-state index < -0.39 is 59.9 Å². The Labute approximate surface area is 525 Å². The fraction of sp³-hybridized carbons (Fsp3) is 0.297. The normalized spacial score (nSPS) is 13.9. The van der Waals surface area contributed by atoms with Crippen molar-refractivity contribution in [3.8, 4) is 189 Å². The molecule has 5 atom stereocenters. The molecular formula is C64H110N3O13PSi. The molecule has 0 saturated heterocycles. The number of carbonyl (C=O) groups excluding carboxylic acids is 4. The topological polar surface area (TPSA) is 211 Å². The van der Waals surface area contributed by atoms with Crippen molar-refractivity contribution in [1.29, 1.82) is 0 Å². The highest BCUT2D eigenvalue weighted by Crippen LogP contribution is 2.44. The van der Waals surface area contributed by atoms with Crippen molar-refractivity contribution in [2.24, 2.45) is 17.8 Å². The highest BCUT2D eigenvalue weighted by molar-refractivity contribution is 7.47. The van der Waals surface area contributed by atoms with Crippen LogP contribution in [-0.2, 0) is 42.1 Å². The lowest BCUT2D eigenvalue weighted by atomic mass is 10.3. The Bertz CT molecular complexity index is 3910. The molecule has 0 saturated carbocycles. The summed E-state index contributed by atoms with van der Waals surface area (Å²) in [5.41, 5.74) is 3.86. The van der Waals surface area contributed by atoms with E-state index in [1.807, 2.05) is 19.9 Å². The Balaban J connectivity index is -0.0000000416. The highest BCUT2D eigenvalue weighted by Gasteiger charge is 2.40. The van der Waals surface area contributed by atoms with Gasteiger partial charge in [-0.25, -0.2) is 33.3 Å². The number of aliphatic hydroxyl groups is 1. The van der Waals surface area contributed by atoms with Crippen molar-refractivity contribution in [3.05, 3.63) is 52.8 Å². The maximum absolute atomic E-state index is 12.4. The van der Waals surface area contributed by atoms with Crippen LogP contribution in [0.15, 0.2) is 52.8 Å². The summed E-state index contributed by atoms with van der Waals surface area (Å²) in [5.74, 6) is 75.5. The van der Waals surface area contributed by atoms with Crippen molar-refractivity contribution in [2.75, 3.05) is 46.2 Å². The number of phosphoric ester groups is 1. The number of imidazole rings is 1. The van der Waals surface area contributed by atoms with Gasteiger partial charge in [0, 0.05) is 91.3 Å². The van der Waals surface area contributed by atoms with Gasteiger partial charge in [0.05, 0.1) is 27.9 Å². The number of alkyl carbamates (subject to hydrolysis) is 1. The third-order valence-electron chi connectivity index (χ3n) is 9.51. The summed E-state index contributed by atoms with van der Waals surface area (Å²) in [6.45, 7) is 15.2. The average Bonchev–Trinajstić information content (AvgIpc) is 1.61. The highest BCUT2D eigenvalue weighted by atomic mass is 31.2. The van der Waals surface area contributed by atoms with Crippen molar-refractivity contribution < 1.29 is 105 Å². The molecule has 0 fully saturated rings. The number of hydrogen-bond acceptors (Lipinski definition) is 13. The Hall–Kier alpha value is -10.6. The molecule has 16 nitrogen and oxygen atoms in total. The van der Waals surface area contributed by atoms with Crippen LogP contribution in [0, 0.1) is 207 Å². The maximum atomic E-state index is 12.4. The van der Waals surface area contributed by atoms with Gasteiger partial charge in [-0.15, -0.1) is 0 Å². The number of phosphoric acid groups is 1. The molecule has 3 aliphatic rings. The van der Waals surface area contributed by atoms with Gasteiger partial charge in [-0.2, -0.15) is 0 Å². The number of nitrogens with zero attached hydrogens (tertiary/aromatic N) is 2. The van der Waals surface area contributed by atoms with Crippen LogP contribution < -0.4 is 5.32 Å². The second-order valence-electron chi connectivity index (χ2n) is 16.7. The van der Waals surface area contributed by atoms with E-state index in [0.717, 1.165) is 5.57 Å². The van der Waals surface area contributed by atoms with Crippen LogP contribution in [0.25, 0.3) is 0 Å².